The molecule has 5 nitrogen and oxygen atoms in total. The minimum Gasteiger partial charge on any atom is -0.388 e. The molecule has 0 spiro atoms. The Bertz CT molecular complexity index is 1070. The van der Waals surface area contributed by atoms with Crippen LogP contribution in [-0.2, 0) is 10.0 Å². The van der Waals surface area contributed by atoms with Crippen molar-refractivity contribution < 1.29 is 13.2 Å². The summed E-state index contributed by atoms with van der Waals surface area (Å²) in [6.07, 6.45) is 0. The predicted molar refractivity (Wildman–Crippen MR) is 93.9 cm³/mol. The predicted octanol–water partition coefficient (Wildman–Crippen LogP) is 3.23. The molecule has 3 aromatic carbocycles. The normalized spacial score (nSPS) is 13.5. The van der Waals surface area contributed by atoms with Gasteiger partial charge in [0.25, 0.3) is 15.9 Å². The first-order valence-electron chi connectivity index (χ1n) is 7.43. The number of hydrogen-bond donors (Lipinski definition) is 1. The van der Waals surface area contributed by atoms with Gasteiger partial charge in [0.15, 0.2) is 0 Å². The van der Waals surface area contributed by atoms with Gasteiger partial charge in [0.2, 0.25) is 0 Å². The number of carbonyl (C=O) groups excluding carboxylic acids is 1. The number of benzene rings is 3. The van der Waals surface area contributed by atoms with Gasteiger partial charge in [-0.1, -0.05) is 24.3 Å². The Balaban J connectivity index is 1.91. The van der Waals surface area contributed by atoms with Crippen molar-refractivity contribution in [2.45, 2.75) is 4.90 Å². The molecule has 1 amide bonds. The van der Waals surface area contributed by atoms with E-state index in [1.165, 1.54) is 12.1 Å². The van der Waals surface area contributed by atoms with Gasteiger partial charge >= 0.3 is 0 Å². The van der Waals surface area contributed by atoms with E-state index >= 15 is 0 Å². The number of amides is 1. The van der Waals surface area contributed by atoms with Crippen LogP contribution in [0.25, 0.3) is 10.8 Å². The van der Waals surface area contributed by atoms with E-state index in [0.717, 1.165) is 15.4 Å². The van der Waals surface area contributed by atoms with Gasteiger partial charge in [0.1, 0.15) is 0 Å². The molecule has 0 unspecified atom stereocenters. The Morgan fingerprint density at radius 1 is 0.917 bits per heavy atom. The van der Waals surface area contributed by atoms with Gasteiger partial charge < -0.3 is 5.32 Å². The lowest BCUT2D eigenvalue weighted by Gasteiger charge is -2.18. The van der Waals surface area contributed by atoms with E-state index in [1.54, 1.807) is 43.4 Å². The zero-order valence-corrected chi connectivity index (χ0v) is 13.7. The molecule has 1 N–H and O–H groups in total. The lowest BCUT2D eigenvalue weighted by Crippen LogP contribution is -2.33. The Morgan fingerprint density at radius 2 is 1.58 bits per heavy atom. The van der Waals surface area contributed by atoms with Crippen molar-refractivity contribution in [3.05, 3.63) is 66.2 Å². The van der Waals surface area contributed by atoms with E-state index in [-0.39, 0.29) is 4.90 Å². The van der Waals surface area contributed by atoms with Crippen LogP contribution < -0.4 is 9.62 Å². The maximum atomic E-state index is 13.0. The minimum atomic E-state index is -3.97. The number of anilines is 2. The average molecular weight is 338 g/mol. The van der Waals surface area contributed by atoms with Crippen LogP contribution in [-0.4, -0.2) is 21.4 Å². The van der Waals surface area contributed by atoms with Gasteiger partial charge in [-0.2, -0.15) is 4.31 Å². The molecule has 0 aliphatic carbocycles. The Morgan fingerprint density at radius 3 is 2.25 bits per heavy atom. The van der Waals surface area contributed by atoms with E-state index in [0.29, 0.717) is 16.6 Å². The van der Waals surface area contributed by atoms with Crippen molar-refractivity contribution >= 4 is 38.1 Å². The zero-order valence-electron chi connectivity index (χ0n) is 12.9. The molecule has 120 valence electrons. The summed E-state index contributed by atoms with van der Waals surface area (Å²) in [6, 6.07) is 16.9. The molecule has 6 heteroatoms. The van der Waals surface area contributed by atoms with Gasteiger partial charge in [-0.15, -0.1) is 0 Å². The van der Waals surface area contributed by atoms with E-state index in [2.05, 4.69) is 5.32 Å². The molecule has 3 aromatic rings. The van der Waals surface area contributed by atoms with Gasteiger partial charge in [-0.05, 0) is 41.8 Å². The Kier molecular flexibility index (Phi) is 3.11. The molecule has 0 radical (unpaired) electrons. The largest absolute Gasteiger partial charge is 0.388 e. The molecule has 0 fully saturated rings. The van der Waals surface area contributed by atoms with Crippen LogP contribution in [0.2, 0.25) is 0 Å². The molecule has 24 heavy (non-hydrogen) atoms. The van der Waals surface area contributed by atoms with Gasteiger partial charge in [-0.3, -0.25) is 4.79 Å². The zero-order chi connectivity index (χ0) is 16.9. The van der Waals surface area contributed by atoms with E-state index in [9.17, 15) is 13.2 Å². The van der Waals surface area contributed by atoms with Crippen LogP contribution in [0.15, 0.2) is 65.6 Å². The fourth-order valence-electron chi connectivity index (χ4n) is 3.03. The SMILES string of the molecule is CNc1ccc(S(=O)(=O)N2C(=O)c3cccc4cccc2c34)cc1. The number of rotatable bonds is 3. The van der Waals surface area contributed by atoms with Crippen LogP contribution in [0.5, 0.6) is 0 Å². The fraction of sp³-hybridized carbons (Fsp3) is 0.0556. The summed E-state index contributed by atoms with van der Waals surface area (Å²) in [5.41, 5.74) is 1.62. The van der Waals surface area contributed by atoms with Crippen molar-refractivity contribution in [3.63, 3.8) is 0 Å². The van der Waals surface area contributed by atoms with Gasteiger partial charge in [-0.25, -0.2) is 8.42 Å². The van der Waals surface area contributed by atoms with Crippen LogP contribution in [0, 0.1) is 0 Å². The van der Waals surface area contributed by atoms with Crippen molar-refractivity contribution in [1.29, 1.82) is 0 Å². The summed E-state index contributed by atoms with van der Waals surface area (Å²) >= 11 is 0. The molecule has 0 saturated heterocycles. The Hall–Kier alpha value is -2.86. The van der Waals surface area contributed by atoms with E-state index in [1.807, 2.05) is 12.1 Å². The summed E-state index contributed by atoms with van der Waals surface area (Å²) in [5.74, 6) is -0.514. The van der Waals surface area contributed by atoms with Crippen LogP contribution in [0.1, 0.15) is 10.4 Å². The molecule has 0 aromatic heterocycles. The number of hydrogen-bond acceptors (Lipinski definition) is 4. The highest BCUT2D eigenvalue weighted by Gasteiger charge is 2.38. The van der Waals surface area contributed by atoms with Crippen molar-refractivity contribution in [2.24, 2.45) is 0 Å². The second-order valence-corrected chi connectivity index (χ2v) is 7.32. The molecular formula is C18H14N2O3S. The molecule has 4 rings (SSSR count). The van der Waals surface area contributed by atoms with Crippen LogP contribution in [0.4, 0.5) is 11.4 Å². The van der Waals surface area contributed by atoms with E-state index in [4.69, 9.17) is 0 Å². The third-order valence-corrected chi connectivity index (χ3v) is 5.91. The van der Waals surface area contributed by atoms with Crippen molar-refractivity contribution in [2.75, 3.05) is 16.7 Å². The van der Waals surface area contributed by atoms with Gasteiger partial charge in [0, 0.05) is 18.1 Å². The maximum absolute atomic E-state index is 13.0. The quantitative estimate of drug-likeness (QED) is 0.796. The first kappa shape index (κ1) is 14.7. The number of nitrogens with zero attached hydrogens (tertiary/aromatic N) is 1. The third kappa shape index (κ3) is 1.93. The Labute approximate surface area is 139 Å². The van der Waals surface area contributed by atoms with Crippen LogP contribution >= 0.6 is 0 Å². The highest BCUT2D eigenvalue weighted by molar-refractivity contribution is 7.93. The first-order chi connectivity index (χ1) is 11.5. The number of sulfonamides is 1. The van der Waals surface area contributed by atoms with Crippen LogP contribution in [0.3, 0.4) is 0 Å². The summed E-state index contributed by atoms with van der Waals surface area (Å²) in [4.78, 5) is 12.8. The highest BCUT2D eigenvalue weighted by Crippen LogP contribution is 2.40. The monoisotopic (exact) mass is 338 g/mol. The topological polar surface area (TPSA) is 66.5 Å². The summed E-state index contributed by atoms with van der Waals surface area (Å²) in [5, 5.41) is 4.47. The van der Waals surface area contributed by atoms with Gasteiger partial charge in [0.05, 0.1) is 16.1 Å². The van der Waals surface area contributed by atoms with E-state index < -0.39 is 15.9 Å². The van der Waals surface area contributed by atoms with Crippen molar-refractivity contribution in [1.82, 2.24) is 0 Å². The summed E-state index contributed by atoms with van der Waals surface area (Å²) < 4.78 is 27.0. The number of nitrogens with one attached hydrogen (secondary N) is 1. The lowest BCUT2D eigenvalue weighted by molar-refractivity contribution is 0.101. The maximum Gasteiger partial charge on any atom is 0.273 e. The molecule has 0 bridgehead atoms. The molecule has 0 atom stereocenters. The minimum absolute atomic E-state index is 0.0830. The molecule has 0 saturated carbocycles. The molecule has 1 aliphatic rings. The third-order valence-electron chi connectivity index (χ3n) is 4.20. The summed E-state index contributed by atoms with van der Waals surface area (Å²) in [6.45, 7) is 0. The highest BCUT2D eigenvalue weighted by atomic mass is 32.2. The average Bonchev–Trinajstić information content (AvgIpc) is 2.90. The second-order valence-electron chi connectivity index (χ2n) is 5.53. The molecule has 1 heterocycles. The smallest absolute Gasteiger partial charge is 0.273 e. The second kappa shape index (κ2) is 5.07. The molecule has 1 aliphatic heterocycles. The van der Waals surface area contributed by atoms with Crippen molar-refractivity contribution in [3.8, 4) is 0 Å². The standard InChI is InChI=1S/C18H14N2O3S/c1-19-13-8-10-14(11-9-13)24(22,23)20-16-7-3-5-12-4-2-6-15(17(12)16)18(20)21/h2-11,19H,1H3. The molecular weight excluding hydrogens is 324 g/mol. The fourth-order valence-corrected chi connectivity index (χ4v) is 4.44. The summed E-state index contributed by atoms with van der Waals surface area (Å²) in [7, 11) is -2.22. The lowest BCUT2D eigenvalue weighted by atomic mass is 10.1. The number of carbonyl (C=O) groups is 1. The first-order valence-corrected chi connectivity index (χ1v) is 8.87.